The quantitative estimate of drug-likeness (QED) is 0.753. The molecule has 80 valence electrons. The van der Waals surface area contributed by atoms with Crippen LogP contribution in [0.2, 0.25) is 0 Å². The zero-order chi connectivity index (χ0) is 11.4. The van der Waals surface area contributed by atoms with Gasteiger partial charge in [-0.15, -0.1) is 11.3 Å². The van der Waals surface area contributed by atoms with Crippen LogP contribution in [0.1, 0.15) is 17.4 Å². The zero-order valence-electron chi connectivity index (χ0n) is 9.18. The third kappa shape index (κ3) is 2.12. The van der Waals surface area contributed by atoms with E-state index in [0.717, 1.165) is 5.69 Å². The molecule has 0 aromatic carbocycles. The van der Waals surface area contributed by atoms with E-state index in [9.17, 15) is 0 Å². The molecule has 0 aliphatic rings. The highest BCUT2D eigenvalue weighted by Gasteiger charge is 2.06. The summed E-state index contributed by atoms with van der Waals surface area (Å²) in [6, 6.07) is 8.09. The van der Waals surface area contributed by atoms with E-state index in [-0.39, 0.29) is 0 Å². The fraction of sp³-hybridized carbons (Fsp3) is 0.0714. The lowest BCUT2D eigenvalue weighted by Gasteiger charge is -1.92. The van der Waals surface area contributed by atoms with E-state index in [4.69, 9.17) is 0 Å². The number of hydrogen-bond donors (Lipinski definition) is 0. The second-order valence-electron chi connectivity index (χ2n) is 3.35. The van der Waals surface area contributed by atoms with Gasteiger partial charge in [-0.1, -0.05) is 24.8 Å². The summed E-state index contributed by atoms with van der Waals surface area (Å²) in [5.74, 6) is 0. The fourth-order valence-corrected chi connectivity index (χ4v) is 2.61. The van der Waals surface area contributed by atoms with E-state index in [1.807, 2.05) is 43.5 Å². The lowest BCUT2D eigenvalue weighted by Crippen LogP contribution is -1.75. The maximum Gasteiger partial charge on any atom is 0.0802 e. The molecule has 0 spiro atoms. The van der Waals surface area contributed by atoms with Crippen molar-refractivity contribution in [2.75, 3.05) is 0 Å². The van der Waals surface area contributed by atoms with Crippen LogP contribution < -0.4 is 0 Å². The number of aromatic nitrogens is 1. The summed E-state index contributed by atoms with van der Waals surface area (Å²) < 4.78 is 0. The number of hydrogen-bond acceptors (Lipinski definition) is 2. The minimum atomic E-state index is 1.02. The smallest absolute Gasteiger partial charge is 0.0802 e. The Bertz CT molecular complexity index is 509. The van der Waals surface area contributed by atoms with Crippen LogP contribution in [0.4, 0.5) is 0 Å². The summed E-state index contributed by atoms with van der Waals surface area (Å²) >= 11 is 1.74. The highest BCUT2D eigenvalue weighted by Crippen LogP contribution is 2.31. The van der Waals surface area contributed by atoms with E-state index in [1.54, 1.807) is 11.3 Å². The predicted molar refractivity (Wildman–Crippen MR) is 72.3 cm³/mol. The number of thiophene rings is 1. The number of rotatable bonds is 3. The molecule has 2 aromatic heterocycles. The molecule has 0 saturated heterocycles. The van der Waals surface area contributed by atoms with E-state index in [2.05, 4.69) is 23.7 Å². The average molecular weight is 227 g/mol. The first-order valence-electron chi connectivity index (χ1n) is 5.15. The first-order chi connectivity index (χ1) is 7.85. The molecule has 0 unspecified atom stereocenters. The first-order valence-corrected chi connectivity index (χ1v) is 5.97. The summed E-state index contributed by atoms with van der Waals surface area (Å²) in [5, 5.41) is 0. The largest absolute Gasteiger partial charge is 0.255 e. The SMILES string of the molecule is C=Cc1cc(-c2ccccn2)sc1/C=C\C. The van der Waals surface area contributed by atoms with Gasteiger partial charge in [0.2, 0.25) is 0 Å². The van der Waals surface area contributed by atoms with E-state index >= 15 is 0 Å². The molecule has 2 heterocycles. The maximum atomic E-state index is 4.35. The van der Waals surface area contributed by atoms with Gasteiger partial charge in [-0.3, -0.25) is 4.98 Å². The summed E-state index contributed by atoms with van der Waals surface area (Å²) in [6.45, 7) is 5.85. The molecule has 16 heavy (non-hydrogen) atoms. The second kappa shape index (κ2) is 4.90. The summed E-state index contributed by atoms with van der Waals surface area (Å²) in [7, 11) is 0. The molecule has 0 saturated carbocycles. The molecule has 0 radical (unpaired) electrons. The van der Waals surface area contributed by atoms with Crippen molar-refractivity contribution in [2.45, 2.75) is 6.92 Å². The minimum Gasteiger partial charge on any atom is -0.255 e. The Kier molecular flexibility index (Phi) is 3.32. The predicted octanol–water partition coefficient (Wildman–Crippen LogP) is 4.49. The van der Waals surface area contributed by atoms with Crippen LogP contribution in [0, 0.1) is 0 Å². The van der Waals surface area contributed by atoms with Gasteiger partial charge in [-0.25, -0.2) is 0 Å². The maximum absolute atomic E-state index is 4.35. The number of nitrogens with zero attached hydrogens (tertiary/aromatic N) is 1. The van der Waals surface area contributed by atoms with Gasteiger partial charge in [0.15, 0.2) is 0 Å². The van der Waals surface area contributed by atoms with Crippen LogP contribution >= 0.6 is 11.3 Å². The van der Waals surface area contributed by atoms with Crippen molar-refractivity contribution in [1.82, 2.24) is 4.98 Å². The topological polar surface area (TPSA) is 12.9 Å². The Balaban J connectivity index is 2.48. The lowest BCUT2D eigenvalue weighted by molar-refractivity contribution is 1.34. The van der Waals surface area contributed by atoms with Gasteiger partial charge >= 0.3 is 0 Å². The van der Waals surface area contributed by atoms with Crippen molar-refractivity contribution < 1.29 is 0 Å². The van der Waals surface area contributed by atoms with E-state index in [1.165, 1.54) is 15.3 Å². The van der Waals surface area contributed by atoms with E-state index in [0.29, 0.717) is 0 Å². The van der Waals surface area contributed by atoms with Crippen molar-refractivity contribution in [3.8, 4) is 10.6 Å². The van der Waals surface area contributed by atoms with Crippen molar-refractivity contribution in [2.24, 2.45) is 0 Å². The molecule has 1 nitrogen and oxygen atoms in total. The van der Waals surface area contributed by atoms with Gasteiger partial charge in [0.05, 0.1) is 10.6 Å². The van der Waals surface area contributed by atoms with Gasteiger partial charge in [-0.2, -0.15) is 0 Å². The fourth-order valence-electron chi connectivity index (χ4n) is 1.50. The van der Waals surface area contributed by atoms with Crippen LogP contribution in [0.15, 0.2) is 43.1 Å². The Morgan fingerprint density at radius 2 is 2.25 bits per heavy atom. The monoisotopic (exact) mass is 227 g/mol. The first kappa shape index (κ1) is 10.8. The van der Waals surface area contributed by atoms with Gasteiger partial charge in [0.25, 0.3) is 0 Å². The molecule has 0 atom stereocenters. The highest BCUT2D eigenvalue weighted by atomic mass is 32.1. The normalized spacial score (nSPS) is 10.8. The van der Waals surface area contributed by atoms with Crippen LogP contribution in [-0.2, 0) is 0 Å². The summed E-state index contributed by atoms with van der Waals surface area (Å²) in [5.41, 5.74) is 2.19. The van der Waals surface area contributed by atoms with Crippen molar-refractivity contribution >= 4 is 23.5 Å². The number of allylic oxidation sites excluding steroid dienone is 1. The Morgan fingerprint density at radius 3 is 2.88 bits per heavy atom. The number of pyridine rings is 1. The molecular formula is C14H13NS. The summed E-state index contributed by atoms with van der Waals surface area (Å²) in [4.78, 5) is 6.77. The molecule has 0 fully saturated rings. The molecule has 0 aliphatic carbocycles. The minimum absolute atomic E-state index is 1.02. The highest BCUT2D eigenvalue weighted by molar-refractivity contribution is 7.16. The third-order valence-corrected chi connectivity index (χ3v) is 3.38. The molecular weight excluding hydrogens is 214 g/mol. The third-order valence-electron chi connectivity index (χ3n) is 2.25. The van der Waals surface area contributed by atoms with Gasteiger partial charge in [0.1, 0.15) is 0 Å². The van der Waals surface area contributed by atoms with Crippen molar-refractivity contribution in [1.29, 1.82) is 0 Å². The molecule has 0 bridgehead atoms. The van der Waals surface area contributed by atoms with Gasteiger partial charge < -0.3 is 0 Å². The van der Waals surface area contributed by atoms with Gasteiger partial charge in [0, 0.05) is 11.1 Å². The molecule has 0 N–H and O–H groups in total. The van der Waals surface area contributed by atoms with Crippen LogP contribution in [-0.4, -0.2) is 4.98 Å². The van der Waals surface area contributed by atoms with Crippen LogP contribution in [0.3, 0.4) is 0 Å². The van der Waals surface area contributed by atoms with Crippen molar-refractivity contribution in [3.63, 3.8) is 0 Å². The lowest BCUT2D eigenvalue weighted by atomic mass is 10.2. The zero-order valence-corrected chi connectivity index (χ0v) is 10.00. The second-order valence-corrected chi connectivity index (χ2v) is 4.43. The molecule has 0 aliphatic heterocycles. The Hall–Kier alpha value is -1.67. The Labute approximate surface area is 99.8 Å². The standard InChI is InChI=1S/C14H13NS/c1-3-7-13-11(4-2)10-14(16-13)12-8-5-6-9-15-12/h3-10H,2H2,1H3/b7-3-. The molecule has 0 amide bonds. The molecule has 2 aromatic rings. The molecule has 2 rings (SSSR count). The van der Waals surface area contributed by atoms with Gasteiger partial charge in [-0.05, 0) is 36.8 Å². The van der Waals surface area contributed by atoms with Crippen molar-refractivity contribution in [3.05, 3.63) is 53.6 Å². The molecule has 2 heteroatoms. The van der Waals surface area contributed by atoms with Crippen LogP contribution in [0.5, 0.6) is 0 Å². The summed E-state index contributed by atoms with van der Waals surface area (Å²) in [6.07, 6.45) is 7.85. The van der Waals surface area contributed by atoms with Crippen LogP contribution in [0.25, 0.3) is 22.7 Å². The average Bonchev–Trinajstić information content (AvgIpc) is 2.74. The van der Waals surface area contributed by atoms with E-state index < -0.39 is 0 Å². The Morgan fingerprint density at radius 1 is 1.38 bits per heavy atom.